The molecule has 3 heterocycles. The maximum atomic E-state index is 8.95. The summed E-state index contributed by atoms with van der Waals surface area (Å²) in [5.41, 5.74) is 33.7. The third kappa shape index (κ3) is 4.53. The van der Waals surface area contributed by atoms with E-state index in [1.54, 1.807) is 0 Å². The van der Waals surface area contributed by atoms with E-state index in [1.165, 1.54) is 32.3 Å². The van der Waals surface area contributed by atoms with E-state index >= 15 is 0 Å². The number of hydrogen-bond acceptors (Lipinski definition) is 3. The lowest BCUT2D eigenvalue weighted by Crippen LogP contribution is -2.02. The molecule has 0 N–H and O–H groups in total. The Morgan fingerprint density at radius 2 is 0.733 bits per heavy atom. The summed E-state index contributed by atoms with van der Waals surface area (Å²) in [4.78, 5) is 8.95. The first-order valence-corrected chi connectivity index (χ1v) is 15.2. The van der Waals surface area contributed by atoms with Crippen molar-refractivity contribution in [3.05, 3.63) is 104 Å². The molecule has 7 aromatic rings. The number of aromatic nitrogens is 3. The Morgan fingerprint density at radius 3 is 1.02 bits per heavy atom. The van der Waals surface area contributed by atoms with Gasteiger partial charge in [-0.15, -0.1) is 0 Å². The van der Waals surface area contributed by atoms with Crippen molar-refractivity contribution in [2.75, 3.05) is 19.6 Å². The second-order valence-electron chi connectivity index (χ2n) is 11.1. The van der Waals surface area contributed by atoms with Crippen molar-refractivity contribution < 1.29 is 0 Å². The quantitative estimate of drug-likeness (QED) is 0.0570. The Labute approximate surface area is 256 Å². The van der Waals surface area contributed by atoms with Crippen molar-refractivity contribution in [1.82, 2.24) is 13.7 Å². The van der Waals surface area contributed by atoms with Gasteiger partial charge in [0.2, 0.25) is 0 Å². The predicted molar refractivity (Wildman–Crippen MR) is 181 cm³/mol. The summed E-state index contributed by atoms with van der Waals surface area (Å²) in [7, 11) is 0. The van der Waals surface area contributed by atoms with Gasteiger partial charge in [-0.2, -0.15) is 0 Å². The molecule has 0 atom stereocenters. The van der Waals surface area contributed by atoms with Gasteiger partial charge in [0.1, 0.15) is 0 Å². The molecule has 0 spiro atoms. The van der Waals surface area contributed by atoms with E-state index in [9.17, 15) is 0 Å². The molecule has 0 bridgehead atoms. The highest BCUT2D eigenvalue weighted by molar-refractivity contribution is 6.39. The molecule has 7 rings (SSSR count). The van der Waals surface area contributed by atoms with E-state index in [-0.39, 0.29) is 0 Å². The Hall–Kier alpha value is -5.79. The van der Waals surface area contributed by atoms with Crippen LogP contribution in [0.25, 0.3) is 96.7 Å². The topological polar surface area (TPSA) is 161 Å². The fourth-order valence-electron chi connectivity index (χ4n) is 7.14. The molecule has 0 saturated carbocycles. The average molecular weight is 595 g/mol. The molecule has 12 heteroatoms. The molecule has 222 valence electrons. The number of azide groups is 3. The van der Waals surface area contributed by atoms with Crippen LogP contribution in [0.3, 0.4) is 0 Å². The molecular weight excluding hydrogens is 564 g/mol. The van der Waals surface area contributed by atoms with Gasteiger partial charge in [0, 0.05) is 103 Å². The van der Waals surface area contributed by atoms with Gasteiger partial charge in [0.15, 0.2) is 0 Å². The molecule has 12 nitrogen and oxygen atoms in total. The van der Waals surface area contributed by atoms with Gasteiger partial charge in [-0.05, 0) is 54.1 Å². The highest BCUT2D eigenvalue weighted by atomic mass is 15.1. The maximum Gasteiger partial charge on any atom is 0.0614 e. The van der Waals surface area contributed by atoms with Crippen LogP contribution in [0.5, 0.6) is 0 Å². The van der Waals surface area contributed by atoms with Gasteiger partial charge in [0.25, 0.3) is 0 Å². The van der Waals surface area contributed by atoms with Crippen LogP contribution in [-0.2, 0) is 19.6 Å². The SMILES string of the molecule is [N-]=[N+]=NCCCn1c2ccccc2c2c1c1c3ccccc3n(CCCN=[N+]=[N-])c1c1c3ccccc3n(CCCN=[N+]=[N-])c21. The first-order chi connectivity index (χ1) is 22.3. The highest BCUT2D eigenvalue weighted by Gasteiger charge is 2.26. The van der Waals surface area contributed by atoms with Crippen LogP contribution < -0.4 is 0 Å². The smallest absolute Gasteiger partial charge is 0.0614 e. The summed E-state index contributed by atoms with van der Waals surface area (Å²) < 4.78 is 7.20. The molecule has 4 aromatic carbocycles. The second-order valence-corrected chi connectivity index (χ2v) is 11.1. The van der Waals surface area contributed by atoms with E-state index in [1.807, 2.05) is 0 Å². The number of aryl methyl sites for hydroxylation is 3. The highest BCUT2D eigenvalue weighted by Crippen LogP contribution is 2.48. The lowest BCUT2D eigenvalue weighted by molar-refractivity contribution is 0.682. The first-order valence-electron chi connectivity index (χ1n) is 15.2. The Kier molecular flexibility index (Phi) is 7.51. The lowest BCUT2D eigenvalue weighted by atomic mass is 10.0. The van der Waals surface area contributed by atoms with Gasteiger partial charge < -0.3 is 13.7 Å². The zero-order valence-corrected chi connectivity index (χ0v) is 24.7. The van der Waals surface area contributed by atoms with Crippen molar-refractivity contribution in [2.24, 2.45) is 15.3 Å². The number of nitrogens with zero attached hydrogens (tertiary/aromatic N) is 12. The van der Waals surface area contributed by atoms with Crippen LogP contribution >= 0.6 is 0 Å². The Balaban J connectivity index is 1.70. The molecular formula is C33H30N12. The molecule has 0 unspecified atom stereocenters. The van der Waals surface area contributed by atoms with Crippen LogP contribution in [0.2, 0.25) is 0 Å². The van der Waals surface area contributed by atoms with E-state index in [2.05, 4.69) is 117 Å². The van der Waals surface area contributed by atoms with E-state index in [0.717, 1.165) is 33.1 Å². The van der Waals surface area contributed by atoms with E-state index in [0.29, 0.717) is 58.5 Å². The minimum atomic E-state index is 0.413. The molecule has 45 heavy (non-hydrogen) atoms. The minimum Gasteiger partial charge on any atom is -0.340 e. The molecule has 0 amide bonds. The number of para-hydroxylation sites is 3. The van der Waals surface area contributed by atoms with Gasteiger partial charge >= 0.3 is 0 Å². The van der Waals surface area contributed by atoms with Crippen LogP contribution in [0.1, 0.15) is 19.3 Å². The number of benzene rings is 4. The average Bonchev–Trinajstić information content (AvgIpc) is 3.69. The summed E-state index contributed by atoms with van der Waals surface area (Å²) in [6.45, 7) is 3.32. The summed E-state index contributed by atoms with van der Waals surface area (Å²) >= 11 is 0. The number of fused-ring (bicyclic) bond motifs is 12. The second kappa shape index (κ2) is 12.1. The summed E-state index contributed by atoms with van der Waals surface area (Å²) in [6.07, 6.45) is 2.12. The Morgan fingerprint density at radius 1 is 0.444 bits per heavy atom. The van der Waals surface area contributed by atoms with Gasteiger partial charge in [-0.1, -0.05) is 69.9 Å². The third-order valence-corrected chi connectivity index (χ3v) is 8.73. The summed E-state index contributed by atoms with van der Waals surface area (Å²) in [5, 5.41) is 18.6. The van der Waals surface area contributed by atoms with Crippen molar-refractivity contribution in [3.63, 3.8) is 0 Å². The fourth-order valence-corrected chi connectivity index (χ4v) is 7.14. The van der Waals surface area contributed by atoms with Crippen LogP contribution in [0, 0.1) is 0 Å². The molecule has 0 aliphatic heterocycles. The van der Waals surface area contributed by atoms with Crippen LogP contribution in [-0.4, -0.2) is 33.3 Å². The standard InChI is InChI=1S/C33H30N12/c34-40-37-16-7-19-43-25-13-4-1-10-22(25)28-31(43)29-24-12-3-6-15-27(24)45(21-9-18-39-42-36)33(29)30-23-11-2-5-14-26(23)44(32(28)30)20-8-17-38-41-35/h1-6,10-15H,7-9,16-21H2. The zero-order chi connectivity index (χ0) is 30.8. The molecule has 0 fully saturated rings. The minimum absolute atomic E-state index is 0.413. The maximum absolute atomic E-state index is 8.95. The monoisotopic (exact) mass is 594 g/mol. The molecule has 3 aromatic heterocycles. The zero-order valence-electron chi connectivity index (χ0n) is 24.7. The van der Waals surface area contributed by atoms with Crippen molar-refractivity contribution in [2.45, 2.75) is 38.9 Å². The molecule has 0 aliphatic rings. The van der Waals surface area contributed by atoms with Crippen molar-refractivity contribution in [1.29, 1.82) is 0 Å². The third-order valence-electron chi connectivity index (χ3n) is 8.73. The normalized spacial score (nSPS) is 11.5. The molecule has 0 saturated heterocycles. The van der Waals surface area contributed by atoms with Gasteiger partial charge in [-0.25, -0.2) is 0 Å². The van der Waals surface area contributed by atoms with Gasteiger partial charge in [0.05, 0.1) is 16.6 Å². The van der Waals surface area contributed by atoms with Crippen molar-refractivity contribution >= 4 is 65.4 Å². The van der Waals surface area contributed by atoms with Crippen molar-refractivity contribution in [3.8, 4) is 0 Å². The largest absolute Gasteiger partial charge is 0.340 e. The summed E-state index contributed by atoms with van der Waals surface area (Å²) in [6, 6.07) is 25.6. The fraction of sp³-hybridized carbons (Fsp3) is 0.273. The van der Waals surface area contributed by atoms with Crippen LogP contribution in [0.15, 0.2) is 88.1 Å². The predicted octanol–water partition coefficient (Wildman–Crippen LogP) is 10.1. The molecule has 0 radical (unpaired) electrons. The number of hydrogen-bond donors (Lipinski definition) is 0. The van der Waals surface area contributed by atoms with E-state index in [4.69, 9.17) is 16.6 Å². The summed E-state index contributed by atoms with van der Waals surface area (Å²) in [5.74, 6) is 0. The molecule has 0 aliphatic carbocycles. The number of rotatable bonds is 12. The van der Waals surface area contributed by atoms with Crippen LogP contribution in [0.4, 0.5) is 0 Å². The van der Waals surface area contributed by atoms with E-state index < -0.39 is 0 Å². The Bertz CT molecular complexity index is 2090. The van der Waals surface area contributed by atoms with Gasteiger partial charge in [-0.3, -0.25) is 0 Å². The lowest BCUT2D eigenvalue weighted by Gasteiger charge is -2.12. The first kappa shape index (κ1) is 28.0.